The van der Waals surface area contributed by atoms with Gasteiger partial charge in [-0.3, -0.25) is 4.99 Å². The fourth-order valence-corrected chi connectivity index (χ4v) is 3.08. The number of hydrogen-bond acceptors (Lipinski definition) is 3. The Morgan fingerprint density at radius 3 is 2.57 bits per heavy atom. The molecule has 0 saturated carbocycles. The molecule has 0 unspecified atom stereocenters. The number of alkyl halides is 3. The molecule has 1 aliphatic heterocycles. The van der Waals surface area contributed by atoms with Crippen LogP contribution in [-0.4, -0.2) is 10.1 Å². The van der Waals surface area contributed by atoms with Gasteiger partial charge in [0.05, 0.1) is 27.5 Å². The normalized spacial score (nSPS) is 14.5. The van der Waals surface area contributed by atoms with Crippen molar-refractivity contribution in [2.75, 3.05) is 0 Å². The lowest BCUT2D eigenvalue weighted by Crippen LogP contribution is -2.05. The highest BCUT2D eigenvalue weighted by atomic mass is 32.1. The second-order valence-corrected chi connectivity index (χ2v) is 6.15. The van der Waals surface area contributed by atoms with Crippen LogP contribution < -0.4 is 0 Å². The van der Waals surface area contributed by atoms with Gasteiger partial charge >= 0.3 is 6.18 Å². The van der Waals surface area contributed by atoms with Gasteiger partial charge < -0.3 is 0 Å². The summed E-state index contributed by atoms with van der Waals surface area (Å²) >= 11 is 1.35. The van der Waals surface area contributed by atoms with Crippen LogP contribution in [0, 0.1) is 0 Å². The van der Waals surface area contributed by atoms with E-state index in [4.69, 9.17) is 0 Å². The van der Waals surface area contributed by atoms with Crippen LogP contribution in [-0.2, 0) is 12.6 Å². The van der Waals surface area contributed by atoms with E-state index in [1.165, 1.54) is 23.7 Å². The molecule has 0 amide bonds. The molecule has 0 N–H and O–H groups in total. The predicted octanol–water partition coefficient (Wildman–Crippen LogP) is 4.96. The van der Waals surface area contributed by atoms with E-state index in [-0.39, 0.29) is 0 Å². The van der Waals surface area contributed by atoms with E-state index in [1.807, 2.05) is 6.07 Å². The molecule has 2 nitrogen and oxygen atoms in total. The standard InChI is InChI=1S/C15H13F3N2S/c1-8(2)12-7-14(21-20-12)13-6-9-5-10(15(16,17)18)3-4-11(9)19-13/h3-5,7-8H,6H2,1-2H3. The third kappa shape index (κ3) is 2.72. The van der Waals surface area contributed by atoms with Crippen LogP contribution in [0.1, 0.15) is 41.5 Å². The number of benzene rings is 1. The first-order valence-corrected chi connectivity index (χ1v) is 7.36. The van der Waals surface area contributed by atoms with Crippen LogP contribution in [0.15, 0.2) is 29.3 Å². The molecule has 2 heterocycles. The topological polar surface area (TPSA) is 25.2 Å². The Labute approximate surface area is 124 Å². The summed E-state index contributed by atoms with van der Waals surface area (Å²) in [6.45, 7) is 4.11. The largest absolute Gasteiger partial charge is 0.416 e. The summed E-state index contributed by atoms with van der Waals surface area (Å²) in [7, 11) is 0. The molecule has 0 radical (unpaired) electrons. The minimum absolute atomic E-state index is 0.330. The van der Waals surface area contributed by atoms with Gasteiger partial charge in [0.25, 0.3) is 0 Å². The molecule has 0 atom stereocenters. The average molecular weight is 310 g/mol. The number of halogens is 3. The van der Waals surface area contributed by atoms with Gasteiger partial charge in [-0.15, -0.1) is 0 Å². The number of nitrogens with zero attached hydrogens (tertiary/aromatic N) is 2. The van der Waals surface area contributed by atoms with Crippen LogP contribution in [0.25, 0.3) is 0 Å². The van der Waals surface area contributed by atoms with Crippen molar-refractivity contribution in [2.24, 2.45) is 4.99 Å². The molecule has 1 aliphatic rings. The molecule has 21 heavy (non-hydrogen) atoms. The molecule has 0 bridgehead atoms. The maximum Gasteiger partial charge on any atom is 0.416 e. The summed E-state index contributed by atoms with van der Waals surface area (Å²) in [4.78, 5) is 5.37. The summed E-state index contributed by atoms with van der Waals surface area (Å²) in [5, 5.41) is 0. The van der Waals surface area contributed by atoms with Gasteiger partial charge in [-0.2, -0.15) is 17.5 Å². The monoisotopic (exact) mass is 310 g/mol. The number of rotatable bonds is 2. The first kappa shape index (κ1) is 14.3. The SMILES string of the molecule is CC(C)c1cc(C2=Nc3ccc(C(F)(F)F)cc3C2)sn1. The lowest BCUT2D eigenvalue weighted by atomic mass is 10.0. The van der Waals surface area contributed by atoms with Gasteiger partial charge in [0.15, 0.2) is 0 Å². The van der Waals surface area contributed by atoms with E-state index in [0.717, 1.165) is 22.3 Å². The van der Waals surface area contributed by atoms with Crippen LogP contribution >= 0.6 is 11.5 Å². The number of fused-ring (bicyclic) bond motifs is 1. The summed E-state index contributed by atoms with van der Waals surface area (Å²) in [6, 6.07) is 5.69. The summed E-state index contributed by atoms with van der Waals surface area (Å²) in [5.41, 5.74) is 2.42. The first-order valence-electron chi connectivity index (χ1n) is 6.59. The summed E-state index contributed by atoms with van der Waals surface area (Å²) in [5.74, 6) is 0.330. The lowest BCUT2D eigenvalue weighted by molar-refractivity contribution is -0.137. The maximum atomic E-state index is 12.7. The molecule has 0 aliphatic carbocycles. The summed E-state index contributed by atoms with van der Waals surface area (Å²) < 4.78 is 42.5. The zero-order chi connectivity index (χ0) is 15.2. The Kier molecular flexibility index (Phi) is 3.36. The molecule has 1 aromatic heterocycles. The third-order valence-electron chi connectivity index (χ3n) is 3.42. The second-order valence-electron chi connectivity index (χ2n) is 5.35. The van der Waals surface area contributed by atoms with Crippen LogP contribution in [0.4, 0.5) is 18.9 Å². The summed E-state index contributed by atoms with van der Waals surface area (Å²) in [6.07, 6.45) is -3.88. The van der Waals surface area contributed by atoms with Gasteiger partial charge in [0.1, 0.15) is 0 Å². The quantitative estimate of drug-likeness (QED) is 0.769. The number of aromatic nitrogens is 1. The van der Waals surface area contributed by atoms with Gasteiger partial charge in [0.2, 0.25) is 0 Å². The minimum atomic E-state index is -4.31. The average Bonchev–Trinajstić information content (AvgIpc) is 3.03. The highest BCUT2D eigenvalue weighted by molar-refractivity contribution is 7.08. The molecule has 2 aromatic rings. The van der Waals surface area contributed by atoms with E-state index in [2.05, 4.69) is 23.2 Å². The molecule has 0 fully saturated rings. The van der Waals surface area contributed by atoms with E-state index in [0.29, 0.717) is 23.6 Å². The Balaban J connectivity index is 1.89. The molecular formula is C15H13F3N2S. The zero-order valence-corrected chi connectivity index (χ0v) is 12.3. The molecule has 6 heteroatoms. The molecule has 0 spiro atoms. The van der Waals surface area contributed by atoms with Crippen LogP contribution in [0.3, 0.4) is 0 Å². The first-order chi connectivity index (χ1) is 9.84. The van der Waals surface area contributed by atoms with Crippen molar-refractivity contribution < 1.29 is 13.2 Å². The van der Waals surface area contributed by atoms with E-state index < -0.39 is 11.7 Å². The van der Waals surface area contributed by atoms with Crippen molar-refractivity contribution >= 4 is 22.9 Å². The maximum absolute atomic E-state index is 12.7. The predicted molar refractivity (Wildman–Crippen MR) is 77.5 cm³/mol. The van der Waals surface area contributed by atoms with Gasteiger partial charge in [-0.1, -0.05) is 13.8 Å². The van der Waals surface area contributed by atoms with Gasteiger partial charge in [0, 0.05) is 6.42 Å². The fraction of sp³-hybridized carbons (Fsp3) is 0.333. The lowest BCUT2D eigenvalue weighted by Gasteiger charge is -2.07. The smallest absolute Gasteiger partial charge is 0.251 e. The Bertz CT molecular complexity index is 714. The van der Waals surface area contributed by atoms with Crippen molar-refractivity contribution in [3.05, 3.63) is 46.0 Å². The number of hydrogen-bond donors (Lipinski definition) is 0. The molecule has 0 saturated heterocycles. The van der Waals surface area contributed by atoms with Crippen molar-refractivity contribution in [1.29, 1.82) is 0 Å². The zero-order valence-electron chi connectivity index (χ0n) is 11.5. The Morgan fingerprint density at radius 2 is 1.95 bits per heavy atom. The fourth-order valence-electron chi connectivity index (χ4n) is 2.22. The van der Waals surface area contributed by atoms with E-state index >= 15 is 0 Å². The van der Waals surface area contributed by atoms with Crippen LogP contribution in [0.5, 0.6) is 0 Å². The highest BCUT2D eigenvalue weighted by Crippen LogP contribution is 2.36. The van der Waals surface area contributed by atoms with Gasteiger partial charge in [-0.25, -0.2) is 0 Å². The van der Waals surface area contributed by atoms with E-state index in [1.54, 1.807) is 0 Å². The van der Waals surface area contributed by atoms with Crippen molar-refractivity contribution in [3.8, 4) is 0 Å². The molecule has 110 valence electrons. The van der Waals surface area contributed by atoms with Crippen LogP contribution in [0.2, 0.25) is 0 Å². The van der Waals surface area contributed by atoms with Crippen molar-refractivity contribution in [3.63, 3.8) is 0 Å². The highest BCUT2D eigenvalue weighted by Gasteiger charge is 2.32. The Hall–Kier alpha value is -1.69. The third-order valence-corrected chi connectivity index (χ3v) is 4.28. The van der Waals surface area contributed by atoms with Crippen molar-refractivity contribution in [2.45, 2.75) is 32.4 Å². The minimum Gasteiger partial charge on any atom is -0.251 e. The number of aliphatic imine (C=N–C) groups is 1. The molecule has 3 rings (SSSR count). The van der Waals surface area contributed by atoms with Gasteiger partial charge in [-0.05, 0) is 47.3 Å². The van der Waals surface area contributed by atoms with E-state index in [9.17, 15) is 13.2 Å². The van der Waals surface area contributed by atoms with Crippen molar-refractivity contribution in [1.82, 2.24) is 4.37 Å². The second kappa shape index (κ2) is 4.94. The molecule has 1 aromatic carbocycles. The Morgan fingerprint density at radius 1 is 1.19 bits per heavy atom. The molecular weight excluding hydrogens is 297 g/mol.